The zero-order chi connectivity index (χ0) is 27.3. The van der Waals surface area contributed by atoms with Gasteiger partial charge in [-0.25, -0.2) is 8.42 Å². The Bertz CT molecular complexity index is 1310. The average molecular weight is 551 g/mol. The average Bonchev–Trinajstić information content (AvgIpc) is 2.90. The van der Waals surface area contributed by atoms with Gasteiger partial charge in [0.15, 0.2) is 5.11 Å². The van der Waals surface area contributed by atoms with Crippen molar-refractivity contribution in [1.29, 1.82) is 0 Å². The number of carbonyl (C=O) groups excluding carboxylic acids is 1. The number of sulfonamides is 1. The highest BCUT2D eigenvalue weighted by atomic mass is 32.2. The van der Waals surface area contributed by atoms with Crippen molar-refractivity contribution < 1.29 is 13.2 Å². The van der Waals surface area contributed by atoms with Gasteiger partial charge < -0.3 is 10.6 Å². The predicted octanol–water partition coefficient (Wildman–Crippen LogP) is 4.64. The minimum atomic E-state index is -3.65. The summed E-state index contributed by atoms with van der Waals surface area (Å²) < 4.78 is 28.3. The molecule has 1 amide bonds. The van der Waals surface area contributed by atoms with Gasteiger partial charge in [-0.05, 0) is 47.6 Å². The summed E-state index contributed by atoms with van der Waals surface area (Å²) in [5, 5.41) is 5.76. The molecule has 0 bridgehead atoms. The molecule has 0 unspecified atom stereocenters. The van der Waals surface area contributed by atoms with Gasteiger partial charge in [0.1, 0.15) is 0 Å². The number of hydrogen-bond acceptors (Lipinski definition) is 5. The van der Waals surface area contributed by atoms with Crippen molar-refractivity contribution in [1.82, 2.24) is 14.5 Å². The Hall–Kier alpha value is -3.11. The molecule has 2 N–H and O–H groups in total. The number of nitrogens with zero attached hydrogens (tertiary/aromatic N) is 2. The number of carbonyl (C=O) groups is 1. The van der Waals surface area contributed by atoms with Gasteiger partial charge >= 0.3 is 0 Å². The fourth-order valence-corrected chi connectivity index (χ4v) is 6.03. The maximum absolute atomic E-state index is 13.4. The van der Waals surface area contributed by atoms with Crippen LogP contribution in [0.2, 0.25) is 0 Å². The van der Waals surface area contributed by atoms with Crippen LogP contribution in [0.25, 0.3) is 0 Å². The van der Waals surface area contributed by atoms with Crippen molar-refractivity contribution in [3.63, 3.8) is 0 Å². The Balaban J connectivity index is 1.41. The topological polar surface area (TPSA) is 81.8 Å². The summed E-state index contributed by atoms with van der Waals surface area (Å²) >= 11 is 5.22. The fraction of sp³-hybridized carbons (Fsp3) is 0.310. The van der Waals surface area contributed by atoms with Crippen molar-refractivity contribution in [2.75, 3.05) is 31.5 Å². The van der Waals surface area contributed by atoms with Gasteiger partial charge in [-0.15, -0.1) is 0 Å². The van der Waals surface area contributed by atoms with E-state index in [2.05, 4.69) is 39.8 Å². The second-order valence-electron chi connectivity index (χ2n) is 10.3. The third-order valence-corrected chi connectivity index (χ3v) is 8.64. The minimum absolute atomic E-state index is 0.0650. The Labute approximate surface area is 230 Å². The van der Waals surface area contributed by atoms with Crippen molar-refractivity contribution >= 4 is 38.9 Å². The number of rotatable bonds is 6. The Kier molecular flexibility index (Phi) is 8.62. The van der Waals surface area contributed by atoms with Crippen LogP contribution in [0.3, 0.4) is 0 Å². The van der Waals surface area contributed by atoms with Crippen LogP contribution in [0, 0.1) is 5.41 Å². The van der Waals surface area contributed by atoms with Crippen molar-refractivity contribution in [2.24, 2.45) is 5.41 Å². The van der Waals surface area contributed by atoms with Crippen LogP contribution in [0.1, 0.15) is 37.9 Å². The zero-order valence-corrected chi connectivity index (χ0v) is 23.6. The molecular formula is C29H34N4O3S2. The highest BCUT2D eigenvalue weighted by Gasteiger charge is 2.32. The van der Waals surface area contributed by atoms with Gasteiger partial charge in [0.25, 0.3) is 0 Å². The molecule has 4 rings (SSSR count). The van der Waals surface area contributed by atoms with Crippen LogP contribution in [0.4, 0.5) is 5.69 Å². The first-order valence-electron chi connectivity index (χ1n) is 12.6. The molecule has 0 aromatic heterocycles. The van der Waals surface area contributed by atoms with E-state index in [0.717, 1.165) is 0 Å². The van der Waals surface area contributed by atoms with Crippen LogP contribution in [-0.2, 0) is 14.8 Å². The first-order valence-corrected chi connectivity index (χ1v) is 14.5. The predicted molar refractivity (Wildman–Crippen MR) is 155 cm³/mol. The molecule has 1 saturated heterocycles. The molecule has 3 aromatic rings. The molecule has 0 radical (unpaired) electrons. The Morgan fingerprint density at radius 2 is 1.32 bits per heavy atom. The molecule has 1 fully saturated rings. The van der Waals surface area contributed by atoms with Crippen LogP contribution in [-0.4, -0.2) is 54.8 Å². The number of benzene rings is 3. The summed E-state index contributed by atoms with van der Waals surface area (Å²) in [6.45, 7) is 7.45. The molecule has 200 valence electrons. The molecular weight excluding hydrogens is 516 g/mol. The lowest BCUT2D eigenvalue weighted by atomic mass is 9.96. The van der Waals surface area contributed by atoms with Gasteiger partial charge in [0.05, 0.1) is 10.9 Å². The van der Waals surface area contributed by atoms with Crippen LogP contribution < -0.4 is 10.6 Å². The summed E-state index contributed by atoms with van der Waals surface area (Å²) in [6, 6.07) is 27.1. The van der Waals surface area contributed by atoms with Crippen LogP contribution in [0.5, 0.6) is 0 Å². The standard InChI is InChI=1S/C29H34N4O3S2/c1-29(2,3)27(34)31-28(37)30-24-14-16-25(17-15-24)38(35,36)33-20-18-32(19-21-33)26(22-10-6-4-7-11-22)23-12-8-5-9-13-23/h4-17,26H,18-21H2,1-3H3,(H2,30,31,34,37). The smallest absolute Gasteiger partial charge is 0.243 e. The van der Waals surface area contributed by atoms with E-state index in [9.17, 15) is 13.2 Å². The summed E-state index contributed by atoms with van der Waals surface area (Å²) in [4.78, 5) is 14.7. The molecule has 1 heterocycles. The molecule has 1 aliphatic heterocycles. The maximum Gasteiger partial charge on any atom is 0.243 e. The molecule has 9 heteroatoms. The van der Waals surface area contributed by atoms with Gasteiger partial charge in [-0.2, -0.15) is 4.31 Å². The normalized spacial score (nSPS) is 15.3. The van der Waals surface area contributed by atoms with E-state index >= 15 is 0 Å². The second-order valence-corrected chi connectivity index (χ2v) is 12.7. The van der Waals surface area contributed by atoms with E-state index in [0.29, 0.717) is 31.9 Å². The lowest BCUT2D eigenvalue weighted by Crippen LogP contribution is -2.49. The number of amides is 1. The summed E-state index contributed by atoms with van der Waals surface area (Å²) in [6.07, 6.45) is 0. The van der Waals surface area contributed by atoms with Crippen molar-refractivity contribution in [3.05, 3.63) is 96.1 Å². The van der Waals surface area contributed by atoms with Gasteiger partial charge in [0.2, 0.25) is 15.9 Å². The van der Waals surface area contributed by atoms with Crippen molar-refractivity contribution in [2.45, 2.75) is 31.7 Å². The maximum atomic E-state index is 13.4. The third kappa shape index (κ3) is 6.66. The molecule has 0 atom stereocenters. The SMILES string of the molecule is CC(C)(C)C(=O)NC(=S)Nc1ccc(S(=O)(=O)N2CCN(C(c3ccccc3)c3ccccc3)CC2)cc1. The zero-order valence-electron chi connectivity index (χ0n) is 21.9. The van der Waals surface area contributed by atoms with Crippen molar-refractivity contribution in [3.8, 4) is 0 Å². The first-order chi connectivity index (χ1) is 18.1. The van der Waals surface area contributed by atoms with Crippen LogP contribution in [0.15, 0.2) is 89.8 Å². The largest absolute Gasteiger partial charge is 0.332 e. The van der Waals surface area contributed by atoms with E-state index in [-0.39, 0.29) is 22.0 Å². The highest BCUT2D eigenvalue weighted by molar-refractivity contribution is 7.89. The first kappa shape index (κ1) is 27.9. The molecule has 38 heavy (non-hydrogen) atoms. The van der Waals surface area contributed by atoms with E-state index in [1.54, 1.807) is 49.3 Å². The molecule has 1 aliphatic rings. The van der Waals surface area contributed by atoms with E-state index in [4.69, 9.17) is 12.2 Å². The Morgan fingerprint density at radius 1 is 0.816 bits per heavy atom. The second kappa shape index (κ2) is 11.7. The van der Waals surface area contributed by atoms with Gasteiger partial charge in [-0.1, -0.05) is 81.4 Å². The summed E-state index contributed by atoms with van der Waals surface area (Å²) in [5.74, 6) is -0.199. The molecule has 7 nitrogen and oxygen atoms in total. The number of thiocarbonyl (C=S) groups is 1. The molecule has 0 spiro atoms. The summed E-state index contributed by atoms with van der Waals surface area (Å²) in [7, 11) is -3.65. The molecule has 0 aliphatic carbocycles. The lowest BCUT2D eigenvalue weighted by Gasteiger charge is -2.39. The third-order valence-electron chi connectivity index (χ3n) is 6.53. The number of hydrogen-bond donors (Lipinski definition) is 2. The molecule has 0 saturated carbocycles. The monoisotopic (exact) mass is 550 g/mol. The highest BCUT2D eigenvalue weighted by Crippen LogP contribution is 2.30. The molecule has 3 aromatic carbocycles. The fourth-order valence-electron chi connectivity index (χ4n) is 4.40. The van der Waals surface area contributed by atoms with E-state index < -0.39 is 15.4 Å². The minimum Gasteiger partial charge on any atom is -0.332 e. The number of anilines is 1. The number of piperazine rings is 1. The Morgan fingerprint density at radius 3 is 1.79 bits per heavy atom. The van der Waals surface area contributed by atoms with Gasteiger partial charge in [-0.3, -0.25) is 9.69 Å². The quantitative estimate of drug-likeness (QED) is 0.435. The number of nitrogens with one attached hydrogen (secondary N) is 2. The summed E-state index contributed by atoms with van der Waals surface area (Å²) in [5.41, 5.74) is 2.40. The van der Waals surface area contributed by atoms with E-state index in [1.807, 2.05) is 36.4 Å². The van der Waals surface area contributed by atoms with Gasteiger partial charge in [0, 0.05) is 37.3 Å². The lowest BCUT2D eigenvalue weighted by molar-refractivity contribution is -0.126. The van der Waals surface area contributed by atoms with Crippen LogP contribution >= 0.6 is 12.2 Å². The van der Waals surface area contributed by atoms with E-state index in [1.165, 1.54) is 11.1 Å².